The van der Waals surface area contributed by atoms with Crippen molar-refractivity contribution in [3.05, 3.63) is 90.0 Å². The minimum absolute atomic E-state index is 0.0545. The number of nitrogens with zero attached hydrogens (tertiary/aromatic N) is 4. The zero-order chi connectivity index (χ0) is 25.3. The van der Waals surface area contributed by atoms with Gasteiger partial charge in [0, 0.05) is 16.8 Å². The largest absolute Gasteiger partial charge is 0.546 e. The molecule has 1 heterocycles. The Morgan fingerprint density at radius 2 is 1.75 bits per heavy atom. The van der Waals surface area contributed by atoms with Crippen molar-refractivity contribution in [2.24, 2.45) is 5.10 Å². The van der Waals surface area contributed by atoms with Gasteiger partial charge in [0.2, 0.25) is 0 Å². The molecule has 1 aromatic heterocycles. The number of hydrogen-bond acceptors (Lipinski definition) is 8. The van der Waals surface area contributed by atoms with Crippen molar-refractivity contribution in [1.29, 1.82) is 0 Å². The summed E-state index contributed by atoms with van der Waals surface area (Å²) < 4.78 is 7.09. The van der Waals surface area contributed by atoms with E-state index in [-0.39, 0.29) is 11.7 Å². The lowest BCUT2D eigenvalue weighted by Crippen LogP contribution is -2.29. The topological polar surface area (TPSA) is 122 Å². The van der Waals surface area contributed by atoms with Crippen LogP contribution in [0, 0.1) is 6.92 Å². The SMILES string of the molecule is Cc1ccc(-n2c(SCC(=O)NN=Cc3ccccc3OCC(=O)[O-])nnc2-c2ccccc2)cc1. The van der Waals surface area contributed by atoms with Gasteiger partial charge in [-0.3, -0.25) is 9.36 Å². The zero-order valence-electron chi connectivity index (χ0n) is 19.3. The van der Waals surface area contributed by atoms with Gasteiger partial charge >= 0.3 is 0 Å². The van der Waals surface area contributed by atoms with E-state index in [9.17, 15) is 14.7 Å². The normalized spacial score (nSPS) is 10.9. The van der Waals surface area contributed by atoms with Crippen molar-refractivity contribution in [3.8, 4) is 22.8 Å². The minimum Gasteiger partial charge on any atom is -0.546 e. The quantitative estimate of drug-likeness (QED) is 0.202. The summed E-state index contributed by atoms with van der Waals surface area (Å²) in [5, 5.41) is 23.9. The van der Waals surface area contributed by atoms with Crippen LogP contribution in [0.15, 0.2) is 89.1 Å². The lowest BCUT2D eigenvalue weighted by molar-refractivity contribution is -0.307. The number of ether oxygens (including phenoxy) is 1. The summed E-state index contributed by atoms with van der Waals surface area (Å²) in [5.41, 5.74) is 5.91. The zero-order valence-corrected chi connectivity index (χ0v) is 20.1. The summed E-state index contributed by atoms with van der Waals surface area (Å²) >= 11 is 1.24. The number of carboxylic acids is 1. The molecule has 10 heteroatoms. The molecule has 4 aromatic rings. The predicted molar refractivity (Wildman–Crippen MR) is 135 cm³/mol. The van der Waals surface area contributed by atoms with Crippen molar-refractivity contribution >= 4 is 29.9 Å². The van der Waals surface area contributed by atoms with E-state index in [1.165, 1.54) is 18.0 Å². The molecule has 0 saturated carbocycles. The molecule has 0 radical (unpaired) electrons. The Morgan fingerprint density at radius 3 is 2.50 bits per heavy atom. The Bertz CT molecular complexity index is 1370. The Morgan fingerprint density at radius 1 is 1.03 bits per heavy atom. The van der Waals surface area contributed by atoms with Crippen LogP contribution in [0.3, 0.4) is 0 Å². The van der Waals surface area contributed by atoms with E-state index in [0.29, 0.717) is 22.3 Å². The summed E-state index contributed by atoms with van der Waals surface area (Å²) in [4.78, 5) is 23.1. The fourth-order valence-electron chi connectivity index (χ4n) is 3.26. The van der Waals surface area contributed by atoms with E-state index in [0.717, 1.165) is 16.8 Å². The number of benzene rings is 3. The number of nitrogens with one attached hydrogen (secondary N) is 1. The van der Waals surface area contributed by atoms with Gasteiger partial charge < -0.3 is 14.6 Å². The van der Waals surface area contributed by atoms with Crippen LogP contribution in [0.4, 0.5) is 0 Å². The lowest BCUT2D eigenvalue weighted by Gasteiger charge is -2.10. The van der Waals surface area contributed by atoms with Gasteiger partial charge in [-0.2, -0.15) is 5.10 Å². The molecule has 0 aliphatic carbocycles. The highest BCUT2D eigenvalue weighted by Crippen LogP contribution is 2.28. The number of amides is 1. The van der Waals surface area contributed by atoms with Crippen LogP contribution in [0.5, 0.6) is 5.75 Å². The molecule has 0 unspecified atom stereocenters. The molecule has 4 rings (SSSR count). The third-order valence-corrected chi connectivity index (χ3v) is 5.88. The lowest BCUT2D eigenvalue weighted by atomic mass is 10.2. The minimum atomic E-state index is -1.33. The first-order chi connectivity index (χ1) is 17.5. The van der Waals surface area contributed by atoms with E-state index >= 15 is 0 Å². The first kappa shape index (κ1) is 24.7. The van der Waals surface area contributed by atoms with Gasteiger partial charge in [0.15, 0.2) is 11.0 Å². The van der Waals surface area contributed by atoms with Crippen LogP contribution in [-0.4, -0.2) is 45.2 Å². The molecule has 1 N–H and O–H groups in total. The van der Waals surface area contributed by atoms with Crippen LogP contribution in [0.2, 0.25) is 0 Å². The number of aliphatic carboxylic acids is 1. The summed E-state index contributed by atoms with van der Waals surface area (Å²) in [5.74, 6) is -0.633. The summed E-state index contributed by atoms with van der Waals surface area (Å²) in [7, 11) is 0. The van der Waals surface area contributed by atoms with E-state index in [2.05, 4.69) is 20.7 Å². The highest BCUT2D eigenvalue weighted by Gasteiger charge is 2.17. The molecule has 0 aliphatic heterocycles. The van der Waals surface area contributed by atoms with Gasteiger partial charge in [0.05, 0.1) is 17.9 Å². The number of aryl methyl sites for hydroxylation is 1. The Labute approximate surface area is 211 Å². The average Bonchev–Trinajstić information content (AvgIpc) is 3.32. The van der Waals surface area contributed by atoms with E-state index < -0.39 is 12.6 Å². The second-order valence-corrected chi connectivity index (χ2v) is 8.57. The van der Waals surface area contributed by atoms with Gasteiger partial charge in [-0.15, -0.1) is 10.2 Å². The van der Waals surface area contributed by atoms with Gasteiger partial charge in [0.1, 0.15) is 12.4 Å². The second-order valence-electron chi connectivity index (χ2n) is 7.62. The van der Waals surface area contributed by atoms with E-state index in [1.807, 2.05) is 66.1 Å². The van der Waals surface area contributed by atoms with Crippen molar-refractivity contribution in [2.45, 2.75) is 12.1 Å². The molecule has 0 spiro atoms. The van der Waals surface area contributed by atoms with Crippen molar-refractivity contribution in [2.75, 3.05) is 12.4 Å². The number of hydrogen-bond donors (Lipinski definition) is 1. The van der Waals surface area contributed by atoms with E-state index in [4.69, 9.17) is 4.74 Å². The number of aromatic nitrogens is 3. The monoisotopic (exact) mass is 500 g/mol. The third-order valence-electron chi connectivity index (χ3n) is 4.95. The molecule has 0 aliphatic rings. The van der Waals surface area contributed by atoms with Crippen LogP contribution >= 0.6 is 11.8 Å². The molecule has 0 saturated heterocycles. The standard InChI is InChI=1S/C26H23N5O4S/c1-18-11-13-21(14-12-18)31-25(19-7-3-2-4-8-19)29-30-26(31)36-17-23(32)28-27-15-20-9-5-6-10-22(20)35-16-24(33)34/h2-15H,16-17H2,1H3,(H,28,32)(H,33,34)/p-1. The van der Waals surface area contributed by atoms with Crippen molar-refractivity contribution in [1.82, 2.24) is 20.2 Å². The predicted octanol–water partition coefficient (Wildman–Crippen LogP) is 2.61. The molecule has 9 nitrogen and oxygen atoms in total. The van der Waals surface area contributed by atoms with Crippen molar-refractivity contribution in [3.63, 3.8) is 0 Å². The fourth-order valence-corrected chi connectivity index (χ4v) is 4.00. The van der Waals surface area contributed by atoms with Gasteiger partial charge in [0.25, 0.3) is 5.91 Å². The first-order valence-electron chi connectivity index (χ1n) is 11.0. The van der Waals surface area contributed by atoms with Crippen LogP contribution in [-0.2, 0) is 9.59 Å². The molecule has 0 bridgehead atoms. The van der Waals surface area contributed by atoms with Gasteiger partial charge in [-0.1, -0.05) is 71.9 Å². The second kappa shape index (κ2) is 11.8. The number of rotatable bonds is 10. The molecule has 0 atom stereocenters. The molecular weight excluding hydrogens is 478 g/mol. The molecule has 36 heavy (non-hydrogen) atoms. The third kappa shape index (κ3) is 6.36. The molecule has 3 aromatic carbocycles. The number of carbonyl (C=O) groups excluding carboxylic acids is 2. The highest BCUT2D eigenvalue weighted by molar-refractivity contribution is 7.99. The van der Waals surface area contributed by atoms with Crippen LogP contribution in [0.1, 0.15) is 11.1 Å². The van der Waals surface area contributed by atoms with E-state index in [1.54, 1.807) is 24.3 Å². The first-order valence-corrected chi connectivity index (χ1v) is 11.9. The highest BCUT2D eigenvalue weighted by atomic mass is 32.2. The molecular formula is C26H22N5O4S-. The van der Waals surface area contributed by atoms with Crippen LogP contribution in [0.25, 0.3) is 17.1 Å². The summed E-state index contributed by atoms with van der Waals surface area (Å²) in [6.07, 6.45) is 1.38. The maximum absolute atomic E-state index is 12.5. The molecule has 0 fully saturated rings. The number of carboxylic acid groups (broad SMARTS) is 1. The average molecular weight is 501 g/mol. The summed E-state index contributed by atoms with van der Waals surface area (Å²) in [6.45, 7) is 1.43. The number of hydrazone groups is 1. The Hall–Kier alpha value is -4.44. The Kier molecular flexibility index (Phi) is 8.09. The maximum atomic E-state index is 12.5. The number of para-hydroxylation sites is 1. The van der Waals surface area contributed by atoms with Gasteiger partial charge in [-0.05, 0) is 31.2 Å². The number of carbonyl (C=O) groups is 2. The molecule has 1 amide bonds. The smallest absolute Gasteiger partial charge is 0.250 e. The molecule has 182 valence electrons. The maximum Gasteiger partial charge on any atom is 0.250 e. The number of thioether (sulfide) groups is 1. The Balaban J connectivity index is 1.45. The van der Waals surface area contributed by atoms with Gasteiger partial charge in [-0.25, -0.2) is 5.43 Å². The van der Waals surface area contributed by atoms with Crippen LogP contribution < -0.4 is 15.3 Å². The summed E-state index contributed by atoms with van der Waals surface area (Å²) in [6, 6.07) is 24.4. The fraction of sp³-hybridized carbons (Fsp3) is 0.115. The van der Waals surface area contributed by atoms with Crippen molar-refractivity contribution < 1.29 is 19.4 Å².